The molecule has 0 unspecified atom stereocenters. The van der Waals surface area contributed by atoms with E-state index < -0.39 is 0 Å². The Labute approximate surface area is 97.2 Å². The van der Waals surface area contributed by atoms with Crippen LogP contribution in [0.4, 0.5) is 0 Å². The molecule has 0 aliphatic rings. The molecule has 2 nitrogen and oxygen atoms in total. The fourth-order valence-electron chi connectivity index (χ4n) is 1.36. The van der Waals surface area contributed by atoms with Crippen LogP contribution in [0.1, 0.15) is 19.5 Å². The second-order valence-electron chi connectivity index (χ2n) is 3.65. The first-order valence-corrected chi connectivity index (χ1v) is 5.52. The van der Waals surface area contributed by atoms with Gasteiger partial charge >= 0.3 is 0 Å². The summed E-state index contributed by atoms with van der Waals surface area (Å²) in [5.41, 5.74) is 3.96. The molecule has 0 aliphatic carbocycles. The number of allylic oxidation sites excluding steroid dienone is 1. The SMILES string of the molecule is CC(C)=Cc1cnc2ccc(Br)cc2n1. The van der Waals surface area contributed by atoms with Crippen LogP contribution in [0.3, 0.4) is 0 Å². The minimum absolute atomic E-state index is 0.903. The quantitative estimate of drug-likeness (QED) is 0.781. The molecule has 2 rings (SSSR count). The normalized spacial score (nSPS) is 10.3. The van der Waals surface area contributed by atoms with Crippen LogP contribution in [0, 0.1) is 0 Å². The van der Waals surface area contributed by atoms with Crippen molar-refractivity contribution in [2.75, 3.05) is 0 Å². The van der Waals surface area contributed by atoms with Crippen LogP contribution in [0.5, 0.6) is 0 Å². The van der Waals surface area contributed by atoms with Crippen molar-refractivity contribution in [2.45, 2.75) is 13.8 Å². The fourth-order valence-corrected chi connectivity index (χ4v) is 1.71. The number of benzene rings is 1. The molecular weight excluding hydrogens is 252 g/mol. The summed E-state index contributed by atoms with van der Waals surface area (Å²) in [6.45, 7) is 4.10. The van der Waals surface area contributed by atoms with Crippen LogP contribution < -0.4 is 0 Å². The van der Waals surface area contributed by atoms with Crippen LogP contribution in [0.15, 0.2) is 34.4 Å². The summed E-state index contributed by atoms with van der Waals surface area (Å²) in [4.78, 5) is 8.85. The van der Waals surface area contributed by atoms with Gasteiger partial charge in [-0.2, -0.15) is 0 Å². The molecule has 0 fully saturated rings. The first kappa shape index (κ1) is 10.3. The Balaban J connectivity index is 2.59. The highest BCUT2D eigenvalue weighted by molar-refractivity contribution is 9.10. The average Bonchev–Trinajstić information content (AvgIpc) is 2.16. The molecule has 0 saturated heterocycles. The van der Waals surface area contributed by atoms with Gasteiger partial charge in [0.15, 0.2) is 0 Å². The van der Waals surface area contributed by atoms with E-state index in [1.165, 1.54) is 5.57 Å². The lowest BCUT2D eigenvalue weighted by Gasteiger charge is -1.99. The van der Waals surface area contributed by atoms with E-state index in [-0.39, 0.29) is 0 Å². The van der Waals surface area contributed by atoms with Gasteiger partial charge in [-0.3, -0.25) is 4.98 Å². The van der Waals surface area contributed by atoms with Gasteiger partial charge in [-0.25, -0.2) is 4.98 Å². The molecule has 2 aromatic rings. The van der Waals surface area contributed by atoms with Gasteiger partial charge < -0.3 is 0 Å². The smallest absolute Gasteiger partial charge is 0.0905 e. The van der Waals surface area contributed by atoms with Crippen LogP contribution in [-0.2, 0) is 0 Å². The van der Waals surface area contributed by atoms with Crippen LogP contribution in [0.25, 0.3) is 17.1 Å². The molecule has 15 heavy (non-hydrogen) atoms. The van der Waals surface area contributed by atoms with E-state index in [1.54, 1.807) is 6.20 Å². The number of nitrogens with zero attached hydrogens (tertiary/aromatic N) is 2. The largest absolute Gasteiger partial charge is 0.252 e. The summed E-state index contributed by atoms with van der Waals surface area (Å²) >= 11 is 3.42. The van der Waals surface area contributed by atoms with Gasteiger partial charge in [0.2, 0.25) is 0 Å². The van der Waals surface area contributed by atoms with Gasteiger partial charge in [-0.1, -0.05) is 21.5 Å². The molecular formula is C12H11BrN2. The molecule has 0 atom stereocenters. The Morgan fingerprint density at radius 3 is 2.80 bits per heavy atom. The van der Waals surface area contributed by atoms with Crippen molar-refractivity contribution in [1.29, 1.82) is 0 Å². The van der Waals surface area contributed by atoms with Gasteiger partial charge in [0.1, 0.15) is 0 Å². The van der Waals surface area contributed by atoms with Crippen molar-refractivity contribution in [1.82, 2.24) is 9.97 Å². The summed E-state index contributed by atoms with van der Waals surface area (Å²) in [6, 6.07) is 5.90. The molecule has 1 aromatic carbocycles. The Hall–Kier alpha value is -1.22. The number of rotatable bonds is 1. The summed E-state index contributed by atoms with van der Waals surface area (Å²) in [5.74, 6) is 0. The minimum Gasteiger partial charge on any atom is -0.252 e. The first-order valence-electron chi connectivity index (χ1n) is 4.72. The van der Waals surface area contributed by atoms with Crippen molar-refractivity contribution < 1.29 is 0 Å². The van der Waals surface area contributed by atoms with E-state index in [0.29, 0.717) is 0 Å². The van der Waals surface area contributed by atoms with Crippen molar-refractivity contribution >= 4 is 33.0 Å². The van der Waals surface area contributed by atoms with E-state index in [4.69, 9.17) is 0 Å². The maximum Gasteiger partial charge on any atom is 0.0905 e. The van der Waals surface area contributed by atoms with Crippen molar-refractivity contribution in [3.8, 4) is 0 Å². The zero-order valence-corrected chi connectivity index (χ0v) is 10.2. The molecule has 1 heterocycles. The zero-order chi connectivity index (χ0) is 10.8. The van der Waals surface area contributed by atoms with Gasteiger partial charge in [0.25, 0.3) is 0 Å². The third-order valence-electron chi connectivity index (χ3n) is 1.96. The topological polar surface area (TPSA) is 25.8 Å². The molecule has 0 radical (unpaired) electrons. The van der Waals surface area contributed by atoms with Gasteiger partial charge in [-0.15, -0.1) is 0 Å². The molecule has 76 valence electrons. The Morgan fingerprint density at radius 1 is 1.27 bits per heavy atom. The molecule has 0 amide bonds. The standard InChI is InChI=1S/C12H11BrN2/c1-8(2)5-10-7-14-11-4-3-9(13)6-12(11)15-10/h3-7H,1-2H3. The number of aromatic nitrogens is 2. The first-order chi connectivity index (χ1) is 7.15. The van der Waals surface area contributed by atoms with Crippen LogP contribution in [-0.4, -0.2) is 9.97 Å². The highest BCUT2D eigenvalue weighted by Gasteiger charge is 1.98. The average molecular weight is 263 g/mol. The van der Waals surface area contributed by atoms with Gasteiger partial charge in [0, 0.05) is 4.47 Å². The number of halogens is 1. The molecule has 1 aromatic heterocycles. The van der Waals surface area contributed by atoms with E-state index in [1.807, 2.05) is 38.1 Å². The molecule has 0 spiro atoms. The summed E-state index contributed by atoms with van der Waals surface area (Å²) in [5, 5.41) is 0. The third-order valence-corrected chi connectivity index (χ3v) is 2.45. The van der Waals surface area contributed by atoms with E-state index in [9.17, 15) is 0 Å². The molecule has 0 N–H and O–H groups in total. The second kappa shape index (κ2) is 4.11. The zero-order valence-electron chi connectivity index (χ0n) is 8.66. The van der Waals surface area contributed by atoms with Crippen LogP contribution >= 0.6 is 15.9 Å². The molecule has 0 aliphatic heterocycles. The molecule has 0 saturated carbocycles. The predicted molar refractivity (Wildman–Crippen MR) is 66.6 cm³/mol. The van der Waals surface area contributed by atoms with Crippen molar-refractivity contribution in [2.24, 2.45) is 0 Å². The summed E-state index contributed by atoms with van der Waals surface area (Å²) < 4.78 is 1.03. The van der Waals surface area contributed by atoms with E-state index in [0.717, 1.165) is 21.2 Å². The number of fused-ring (bicyclic) bond motifs is 1. The van der Waals surface area contributed by atoms with Gasteiger partial charge in [0.05, 0.1) is 22.9 Å². The second-order valence-corrected chi connectivity index (χ2v) is 4.57. The highest BCUT2D eigenvalue weighted by atomic mass is 79.9. The molecule has 3 heteroatoms. The monoisotopic (exact) mass is 262 g/mol. The van der Waals surface area contributed by atoms with E-state index in [2.05, 4.69) is 25.9 Å². The lowest BCUT2D eigenvalue weighted by Crippen LogP contribution is -1.87. The summed E-state index contributed by atoms with van der Waals surface area (Å²) in [7, 11) is 0. The van der Waals surface area contributed by atoms with Crippen molar-refractivity contribution in [3.63, 3.8) is 0 Å². The minimum atomic E-state index is 0.903. The Kier molecular flexibility index (Phi) is 2.82. The molecule has 0 bridgehead atoms. The van der Waals surface area contributed by atoms with Crippen LogP contribution in [0.2, 0.25) is 0 Å². The number of hydrogen-bond donors (Lipinski definition) is 0. The Morgan fingerprint density at radius 2 is 2.07 bits per heavy atom. The summed E-state index contributed by atoms with van der Waals surface area (Å²) in [6.07, 6.45) is 3.82. The predicted octanol–water partition coefficient (Wildman–Crippen LogP) is 3.82. The van der Waals surface area contributed by atoms with E-state index >= 15 is 0 Å². The Bertz CT molecular complexity index is 528. The third kappa shape index (κ3) is 2.42. The van der Waals surface area contributed by atoms with Gasteiger partial charge in [-0.05, 0) is 38.1 Å². The number of hydrogen-bond acceptors (Lipinski definition) is 2. The maximum atomic E-state index is 4.51. The van der Waals surface area contributed by atoms with Crippen molar-refractivity contribution in [3.05, 3.63) is 40.1 Å². The highest BCUT2D eigenvalue weighted by Crippen LogP contribution is 2.17. The lowest BCUT2D eigenvalue weighted by molar-refractivity contribution is 1.25. The fraction of sp³-hybridized carbons (Fsp3) is 0.167. The lowest BCUT2D eigenvalue weighted by atomic mass is 10.2. The maximum absolute atomic E-state index is 4.51.